The van der Waals surface area contributed by atoms with Gasteiger partial charge in [-0.15, -0.1) is 0 Å². The molecule has 0 aliphatic heterocycles. The average Bonchev–Trinajstić information content (AvgIpc) is 2.97. The molecule has 1 aromatic rings. The summed E-state index contributed by atoms with van der Waals surface area (Å²) in [6.45, 7) is 5.05. The standard InChI is InChI=1S/C12H16F2N2/c1-8(2)12(3-4-12)7-16-11-10(14)5-9(13)6-15-11/h5-6,8H,3-4,7H2,1-2H3,(H,15,16). The van der Waals surface area contributed by atoms with Crippen LogP contribution in [0.15, 0.2) is 12.3 Å². The Hall–Kier alpha value is -1.19. The molecule has 1 N–H and O–H groups in total. The predicted molar refractivity (Wildman–Crippen MR) is 59.1 cm³/mol. The Balaban J connectivity index is 2.00. The molecule has 2 rings (SSSR count). The monoisotopic (exact) mass is 226 g/mol. The first kappa shape index (κ1) is 11.3. The van der Waals surface area contributed by atoms with Crippen LogP contribution in [0, 0.1) is 23.0 Å². The number of nitrogens with one attached hydrogen (secondary N) is 1. The number of aromatic nitrogens is 1. The number of hydrogen-bond acceptors (Lipinski definition) is 2. The van der Waals surface area contributed by atoms with Gasteiger partial charge in [-0.1, -0.05) is 13.8 Å². The quantitative estimate of drug-likeness (QED) is 0.852. The van der Waals surface area contributed by atoms with E-state index in [4.69, 9.17) is 0 Å². The Kier molecular flexibility index (Phi) is 2.82. The maximum Gasteiger partial charge on any atom is 0.168 e. The summed E-state index contributed by atoms with van der Waals surface area (Å²) in [5.41, 5.74) is 0.280. The highest BCUT2D eigenvalue weighted by Crippen LogP contribution is 2.51. The van der Waals surface area contributed by atoms with E-state index in [1.54, 1.807) is 0 Å². The first-order valence-electron chi connectivity index (χ1n) is 5.58. The molecule has 0 atom stereocenters. The van der Waals surface area contributed by atoms with E-state index >= 15 is 0 Å². The van der Waals surface area contributed by atoms with E-state index in [0.717, 1.165) is 12.3 Å². The van der Waals surface area contributed by atoms with Gasteiger partial charge in [0, 0.05) is 12.6 Å². The third kappa shape index (κ3) is 2.15. The first-order chi connectivity index (χ1) is 7.53. The molecule has 1 heterocycles. The largest absolute Gasteiger partial charge is 0.367 e. The van der Waals surface area contributed by atoms with Crippen molar-refractivity contribution in [2.45, 2.75) is 26.7 Å². The number of halogens is 2. The van der Waals surface area contributed by atoms with Crippen LogP contribution in [0.1, 0.15) is 26.7 Å². The number of nitrogens with zero attached hydrogens (tertiary/aromatic N) is 1. The first-order valence-corrected chi connectivity index (χ1v) is 5.58. The van der Waals surface area contributed by atoms with Gasteiger partial charge in [0.05, 0.1) is 6.20 Å². The van der Waals surface area contributed by atoms with E-state index in [2.05, 4.69) is 24.1 Å². The molecule has 1 aromatic heterocycles. The lowest BCUT2D eigenvalue weighted by atomic mass is 9.92. The van der Waals surface area contributed by atoms with Crippen molar-refractivity contribution in [1.29, 1.82) is 0 Å². The second-order valence-corrected chi connectivity index (χ2v) is 4.85. The maximum absolute atomic E-state index is 13.3. The molecule has 0 unspecified atom stereocenters. The van der Waals surface area contributed by atoms with Crippen molar-refractivity contribution in [2.75, 3.05) is 11.9 Å². The molecule has 4 heteroatoms. The minimum absolute atomic E-state index is 0.147. The molecule has 0 amide bonds. The van der Waals surface area contributed by atoms with Crippen LogP contribution in [0.4, 0.5) is 14.6 Å². The van der Waals surface area contributed by atoms with Gasteiger partial charge >= 0.3 is 0 Å². The van der Waals surface area contributed by atoms with E-state index < -0.39 is 11.6 Å². The van der Waals surface area contributed by atoms with E-state index in [-0.39, 0.29) is 11.2 Å². The molecular weight excluding hydrogens is 210 g/mol. The summed E-state index contributed by atoms with van der Waals surface area (Å²) in [6, 6.07) is 0.851. The summed E-state index contributed by atoms with van der Waals surface area (Å²) in [5.74, 6) is -0.551. The maximum atomic E-state index is 13.3. The molecule has 0 bridgehead atoms. The van der Waals surface area contributed by atoms with Crippen LogP contribution in [0.25, 0.3) is 0 Å². The van der Waals surface area contributed by atoms with Gasteiger partial charge < -0.3 is 5.32 Å². The predicted octanol–water partition coefficient (Wildman–Crippen LogP) is 3.21. The van der Waals surface area contributed by atoms with Crippen molar-refractivity contribution in [3.05, 3.63) is 23.9 Å². The highest BCUT2D eigenvalue weighted by Gasteiger charge is 2.45. The highest BCUT2D eigenvalue weighted by molar-refractivity contribution is 5.36. The van der Waals surface area contributed by atoms with E-state index in [1.807, 2.05) is 0 Å². The average molecular weight is 226 g/mol. The van der Waals surface area contributed by atoms with E-state index in [0.29, 0.717) is 12.5 Å². The van der Waals surface area contributed by atoms with Gasteiger partial charge in [0.15, 0.2) is 11.6 Å². The molecule has 1 saturated carbocycles. The summed E-state index contributed by atoms with van der Waals surface area (Å²) in [6.07, 6.45) is 3.36. The number of rotatable bonds is 4. The molecular formula is C12H16F2N2. The van der Waals surface area contributed by atoms with Gasteiger partial charge in [-0.3, -0.25) is 0 Å². The van der Waals surface area contributed by atoms with Crippen molar-refractivity contribution in [3.8, 4) is 0 Å². The van der Waals surface area contributed by atoms with Crippen LogP contribution < -0.4 is 5.32 Å². The summed E-state index contributed by atoms with van der Waals surface area (Å²) in [5, 5.41) is 2.97. The van der Waals surface area contributed by atoms with Crippen LogP contribution in [0.5, 0.6) is 0 Å². The summed E-state index contributed by atoms with van der Waals surface area (Å²) >= 11 is 0. The molecule has 2 nitrogen and oxygen atoms in total. The zero-order valence-corrected chi connectivity index (χ0v) is 9.56. The smallest absolute Gasteiger partial charge is 0.168 e. The van der Waals surface area contributed by atoms with Gasteiger partial charge in [0.2, 0.25) is 0 Å². The van der Waals surface area contributed by atoms with Crippen LogP contribution in [-0.4, -0.2) is 11.5 Å². The van der Waals surface area contributed by atoms with Crippen molar-refractivity contribution in [2.24, 2.45) is 11.3 Å². The van der Waals surface area contributed by atoms with E-state index in [9.17, 15) is 8.78 Å². The van der Waals surface area contributed by atoms with Crippen LogP contribution in [0.3, 0.4) is 0 Å². The van der Waals surface area contributed by atoms with Gasteiger partial charge in [-0.25, -0.2) is 13.8 Å². The molecule has 0 aromatic carbocycles. The topological polar surface area (TPSA) is 24.9 Å². The van der Waals surface area contributed by atoms with Crippen molar-refractivity contribution in [1.82, 2.24) is 4.98 Å². The van der Waals surface area contributed by atoms with Crippen LogP contribution in [0.2, 0.25) is 0 Å². The summed E-state index contributed by atoms with van der Waals surface area (Å²) in [7, 11) is 0. The van der Waals surface area contributed by atoms with Gasteiger partial charge in [0.1, 0.15) is 5.82 Å². The zero-order valence-electron chi connectivity index (χ0n) is 9.56. The number of hydrogen-bond donors (Lipinski definition) is 1. The molecule has 1 fully saturated rings. The summed E-state index contributed by atoms with van der Waals surface area (Å²) < 4.78 is 25.9. The Bertz CT molecular complexity index is 387. The van der Waals surface area contributed by atoms with Crippen molar-refractivity contribution >= 4 is 5.82 Å². The molecule has 1 aliphatic carbocycles. The van der Waals surface area contributed by atoms with Crippen molar-refractivity contribution in [3.63, 3.8) is 0 Å². The third-order valence-electron chi connectivity index (χ3n) is 3.53. The lowest BCUT2D eigenvalue weighted by Crippen LogP contribution is -2.21. The Morgan fingerprint density at radius 1 is 1.44 bits per heavy atom. The number of pyridine rings is 1. The SMILES string of the molecule is CC(C)C1(CNc2ncc(F)cc2F)CC1. The minimum atomic E-state index is -0.645. The Morgan fingerprint density at radius 2 is 2.12 bits per heavy atom. The second-order valence-electron chi connectivity index (χ2n) is 4.85. The third-order valence-corrected chi connectivity index (χ3v) is 3.53. The summed E-state index contributed by atoms with van der Waals surface area (Å²) in [4.78, 5) is 3.71. The lowest BCUT2D eigenvalue weighted by molar-refractivity contribution is 0.379. The van der Waals surface area contributed by atoms with Gasteiger partial charge in [-0.2, -0.15) is 0 Å². The fourth-order valence-corrected chi connectivity index (χ4v) is 1.92. The van der Waals surface area contributed by atoms with Crippen LogP contribution in [-0.2, 0) is 0 Å². The molecule has 1 aliphatic rings. The van der Waals surface area contributed by atoms with Gasteiger partial charge in [-0.05, 0) is 24.2 Å². The highest BCUT2D eigenvalue weighted by atomic mass is 19.1. The van der Waals surface area contributed by atoms with Crippen LogP contribution >= 0.6 is 0 Å². The lowest BCUT2D eigenvalue weighted by Gasteiger charge is -2.20. The Labute approximate surface area is 94.1 Å². The molecule has 0 radical (unpaired) electrons. The van der Waals surface area contributed by atoms with Gasteiger partial charge in [0.25, 0.3) is 0 Å². The van der Waals surface area contributed by atoms with Crippen molar-refractivity contribution < 1.29 is 8.78 Å². The minimum Gasteiger partial charge on any atom is -0.367 e. The zero-order chi connectivity index (χ0) is 11.8. The molecule has 0 spiro atoms. The molecule has 16 heavy (non-hydrogen) atoms. The molecule has 0 saturated heterocycles. The fraction of sp³-hybridized carbons (Fsp3) is 0.583. The number of anilines is 1. The Morgan fingerprint density at radius 3 is 2.62 bits per heavy atom. The molecule has 88 valence electrons. The normalized spacial score (nSPS) is 17.6. The fourth-order valence-electron chi connectivity index (χ4n) is 1.92. The second kappa shape index (κ2) is 4.00. The van der Waals surface area contributed by atoms with E-state index in [1.165, 1.54) is 12.8 Å².